The minimum atomic E-state index is -0.227. The van der Waals surface area contributed by atoms with Crippen LogP contribution in [0.25, 0.3) is 0 Å². The second kappa shape index (κ2) is 18.8. The van der Waals surface area contributed by atoms with Crippen molar-refractivity contribution in [2.75, 3.05) is 0 Å². The molecule has 16 aliphatic rings. The molecule has 0 spiro atoms. The lowest BCUT2D eigenvalue weighted by Crippen LogP contribution is -2.58. The molecular weight excluding hydrogens is 959 g/mol. The van der Waals surface area contributed by atoms with Crippen molar-refractivity contribution >= 4 is 35.3 Å². The third kappa shape index (κ3) is 7.37. The number of thioether (sulfide) groups is 3. The van der Waals surface area contributed by atoms with Crippen LogP contribution in [-0.2, 0) is 0 Å². The summed E-state index contributed by atoms with van der Waals surface area (Å²) in [6, 6.07) is 4.15. The first-order chi connectivity index (χ1) is 36.6. The molecule has 0 bridgehead atoms. The summed E-state index contributed by atoms with van der Waals surface area (Å²) in [7, 11) is 0. The van der Waals surface area contributed by atoms with E-state index in [0.29, 0.717) is 63.3 Å². The SMILES string of the molecule is N#CC1C=C(C2C=CC(C3C=C4C(CC3)SC3CC=CCC43)NC(C3CCCCC3)N2)C(N2C3=C(C4C=CC=CC42)C2SC4=C(CCCC4)C2C=C3)CC1N1C2=C(C3CCC=CC31)C1SC3=C(CCC=C3)C1C=C2. The van der Waals surface area contributed by atoms with E-state index in [0.717, 1.165) is 24.0 Å². The number of nitrogens with one attached hydrogen (secondary N) is 2. The van der Waals surface area contributed by atoms with E-state index < -0.39 is 0 Å². The van der Waals surface area contributed by atoms with Crippen LogP contribution in [0.3, 0.4) is 0 Å². The fourth-order valence-electron chi connectivity index (χ4n) is 18.2. The molecule has 2 fully saturated rings. The zero-order chi connectivity index (χ0) is 48.6. The third-order valence-electron chi connectivity index (χ3n) is 21.5. The summed E-state index contributed by atoms with van der Waals surface area (Å²) < 4.78 is 0. The Kier molecular flexibility index (Phi) is 11.8. The number of hydrogen-bond acceptors (Lipinski definition) is 8. The predicted octanol–water partition coefficient (Wildman–Crippen LogP) is 14.0. The van der Waals surface area contributed by atoms with E-state index in [-0.39, 0.29) is 36.3 Å². The lowest BCUT2D eigenvalue weighted by molar-refractivity contribution is 0.123. The molecule has 0 aromatic carbocycles. The van der Waals surface area contributed by atoms with Gasteiger partial charge in [0.25, 0.3) is 0 Å². The molecule has 2 N–H and O–H groups in total. The van der Waals surface area contributed by atoms with Crippen molar-refractivity contribution in [2.45, 2.75) is 179 Å². The van der Waals surface area contributed by atoms with Crippen LogP contribution in [0.5, 0.6) is 0 Å². The number of rotatable bonds is 5. The summed E-state index contributed by atoms with van der Waals surface area (Å²) in [5.41, 5.74) is 13.0. The van der Waals surface area contributed by atoms with Crippen LogP contribution < -0.4 is 10.6 Å². The summed E-state index contributed by atoms with van der Waals surface area (Å²) in [6.07, 6.45) is 68.4. The fraction of sp³-hybridized carbons (Fsp3) is 0.561. The average molecular weight is 1030 g/mol. The molecule has 0 radical (unpaired) electrons. The molecule has 16 rings (SSSR count). The predicted molar refractivity (Wildman–Crippen MR) is 308 cm³/mol. The van der Waals surface area contributed by atoms with Crippen molar-refractivity contribution in [3.8, 4) is 6.07 Å². The summed E-state index contributed by atoms with van der Waals surface area (Å²) in [4.78, 5) is 9.07. The van der Waals surface area contributed by atoms with Crippen molar-refractivity contribution in [1.82, 2.24) is 20.4 Å². The average Bonchev–Trinajstić information content (AvgIpc) is 4.25. The van der Waals surface area contributed by atoms with Gasteiger partial charge in [-0.3, -0.25) is 10.6 Å². The molecule has 0 aromatic heterocycles. The topological polar surface area (TPSA) is 54.3 Å². The molecule has 18 atom stereocenters. The van der Waals surface area contributed by atoms with Crippen LogP contribution in [0.1, 0.15) is 116 Å². The molecule has 10 aliphatic carbocycles. The molecular formula is C66H75N5S3. The van der Waals surface area contributed by atoms with Gasteiger partial charge in [0.15, 0.2) is 0 Å². The second-order valence-electron chi connectivity index (χ2n) is 25.1. The smallest absolute Gasteiger partial charge is 0.0852 e. The third-order valence-corrected chi connectivity index (χ3v) is 26.2. The Bertz CT molecular complexity index is 2870. The van der Waals surface area contributed by atoms with Crippen LogP contribution in [0, 0.1) is 58.7 Å². The zero-order valence-electron chi connectivity index (χ0n) is 43.2. The van der Waals surface area contributed by atoms with Crippen LogP contribution in [0.4, 0.5) is 0 Å². The summed E-state index contributed by atoms with van der Waals surface area (Å²) in [6.45, 7) is 0. The van der Waals surface area contributed by atoms with E-state index in [1.54, 1.807) is 32.8 Å². The standard InChI is InChI=1S/C66H75N5S3/c67-37-40-35-49(51-30-29-50(68-66(69-51)38-14-2-1-3-15-38)39-26-33-61-48(34-39)43-18-8-11-23-58(43)72-61)57(71-53-22-10-5-20-47(53)63-55(71)32-28-45-42-17-7-13-25-60(42)74-65(45)63)36-56(40)70-52-21-9-4-19-46(52)62-54(70)31-27-44-41-16-6-12-24-59(41)73-64(44)62/h5,8-12,20-22,24,27-32,34-35,38-40,43-47,50-53,56-58,61,64-66,68-69H,1-4,6-7,13-19,23,25-26,33,36H2. The highest BCUT2D eigenvalue weighted by atomic mass is 32.2. The van der Waals surface area contributed by atoms with Gasteiger partial charge in [-0.15, -0.1) is 35.3 Å². The van der Waals surface area contributed by atoms with E-state index in [1.165, 1.54) is 125 Å². The number of nitriles is 1. The first-order valence-corrected chi connectivity index (χ1v) is 32.6. The summed E-state index contributed by atoms with van der Waals surface area (Å²) in [5, 5.41) is 23.2. The first kappa shape index (κ1) is 46.5. The Labute approximate surface area is 454 Å². The van der Waals surface area contributed by atoms with Gasteiger partial charge in [0, 0.05) is 73.1 Å². The van der Waals surface area contributed by atoms with Crippen LogP contribution >= 0.6 is 35.3 Å². The quantitative estimate of drug-likeness (QED) is 0.264. The lowest BCUT2D eigenvalue weighted by Gasteiger charge is -2.49. The van der Waals surface area contributed by atoms with Gasteiger partial charge < -0.3 is 9.80 Å². The monoisotopic (exact) mass is 1030 g/mol. The Morgan fingerprint density at radius 3 is 2.39 bits per heavy atom. The van der Waals surface area contributed by atoms with E-state index in [1.807, 2.05) is 0 Å². The van der Waals surface area contributed by atoms with Crippen molar-refractivity contribution in [3.05, 3.63) is 164 Å². The lowest BCUT2D eigenvalue weighted by atomic mass is 9.76. The highest BCUT2D eigenvalue weighted by Crippen LogP contribution is 2.61. The molecule has 1 saturated heterocycles. The molecule has 74 heavy (non-hydrogen) atoms. The number of fused-ring (bicyclic) bond motifs is 13. The molecule has 0 amide bonds. The van der Waals surface area contributed by atoms with Crippen molar-refractivity contribution in [1.29, 1.82) is 5.26 Å². The number of nitrogens with zero attached hydrogens (tertiary/aromatic N) is 3. The van der Waals surface area contributed by atoms with E-state index in [9.17, 15) is 5.26 Å². The molecule has 18 unspecified atom stereocenters. The summed E-state index contributed by atoms with van der Waals surface area (Å²) >= 11 is 6.70. The maximum atomic E-state index is 11.8. The molecule has 382 valence electrons. The molecule has 6 heterocycles. The van der Waals surface area contributed by atoms with Gasteiger partial charge in [0.2, 0.25) is 0 Å². The molecule has 0 aromatic rings. The second-order valence-corrected chi connectivity index (χ2v) is 28.9. The Morgan fingerprint density at radius 2 is 1.47 bits per heavy atom. The minimum Gasteiger partial charge on any atom is -0.360 e. The largest absolute Gasteiger partial charge is 0.360 e. The zero-order valence-corrected chi connectivity index (χ0v) is 45.6. The van der Waals surface area contributed by atoms with Gasteiger partial charge >= 0.3 is 0 Å². The molecule has 5 nitrogen and oxygen atoms in total. The Morgan fingerprint density at radius 1 is 0.622 bits per heavy atom. The van der Waals surface area contributed by atoms with Crippen molar-refractivity contribution in [3.63, 3.8) is 0 Å². The molecule has 1 saturated carbocycles. The molecule has 8 heteroatoms. The van der Waals surface area contributed by atoms with Gasteiger partial charge in [0.05, 0.1) is 42.3 Å². The number of hydrogen-bond donors (Lipinski definition) is 2. The van der Waals surface area contributed by atoms with Crippen LogP contribution in [0.15, 0.2) is 164 Å². The van der Waals surface area contributed by atoms with Gasteiger partial charge in [-0.1, -0.05) is 128 Å². The van der Waals surface area contributed by atoms with E-state index in [4.69, 9.17) is 0 Å². The van der Waals surface area contributed by atoms with Crippen molar-refractivity contribution < 1.29 is 0 Å². The minimum absolute atomic E-state index is 0.0350. The van der Waals surface area contributed by atoms with Gasteiger partial charge in [-0.2, -0.15) is 5.26 Å². The first-order valence-electron chi connectivity index (χ1n) is 29.9. The maximum Gasteiger partial charge on any atom is 0.0852 e. The van der Waals surface area contributed by atoms with E-state index in [2.05, 4.69) is 171 Å². The summed E-state index contributed by atoms with van der Waals surface area (Å²) in [5.74, 6) is 3.49. The highest BCUT2D eigenvalue weighted by molar-refractivity contribution is 8.04. The Hall–Kier alpha value is -3.58. The van der Waals surface area contributed by atoms with Crippen LogP contribution in [0.2, 0.25) is 0 Å². The van der Waals surface area contributed by atoms with E-state index >= 15 is 0 Å². The highest BCUT2D eigenvalue weighted by Gasteiger charge is 2.56. The maximum absolute atomic E-state index is 11.8. The number of allylic oxidation sites excluding steroid dienone is 14. The fourth-order valence-corrected chi connectivity index (χ4v) is 23.4. The van der Waals surface area contributed by atoms with Gasteiger partial charge in [0.1, 0.15) is 0 Å². The molecule has 6 aliphatic heterocycles. The normalized spacial score (nSPS) is 44.3. The van der Waals surface area contributed by atoms with Gasteiger partial charge in [-0.05, 0) is 153 Å². The Balaban J connectivity index is 0.815. The van der Waals surface area contributed by atoms with Gasteiger partial charge in [-0.25, -0.2) is 0 Å². The van der Waals surface area contributed by atoms with Crippen LogP contribution in [-0.4, -0.2) is 73.2 Å². The van der Waals surface area contributed by atoms with Crippen molar-refractivity contribution in [2.24, 2.45) is 47.3 Å².